The monoisotopic (exact) mass is 228 g/mol. The summed E-state index contributed by atoms with van der Waals surface area (Å²) < 4.78 is 10.2. The van der Waals surface area contributed by atoms with E-state index in [0.717, 1.165) is 5.56 Å². The Kier molecular flexibility index (Phi) is 4.43. The number of carbonyl (C=O) groups is 1. The van der Waals surface area contributed by atoms with Crippen LogP contribution in [0.1, 0.15) is 12.0 Å². The van der Waals surface area contributed by atoms with E-state index in [9.17, 15) is 4.79 Å². The van der Waals surface area contributed by atoms with Gasteiger partial charge in [-0.15, -0.1) is 0 Å². The van der Waals surface area contributed by atoms with E-state index in [1.807, 2.05) is 18.2 Å². The largest absolute Gasteiger partial charge is 0.493 e. The minimum absolute atomic E-state index is 0.329. The van der Waals surface area contributed by atoms with E-state index in [2.05, 4.69) is 0 Å². The van der Waals surface area contributed by atoms with E-state index >= 15 is 0 Å². The van der Waals surface area contributed by atoms with Crippen LogP contribution in [0.15, 0.2) is 18.2 Å². The fraction of sp³-hybridized carbons (Fsp3) is 0.364. The van der Waals surface area contributed by atoms with E-state index in [4.69, 9.17) is 21.1 Å². The van der Waals surface area contributed by atoms with Crippen molar-refractivity contribution in [2.24, 2.45) is 0 Å². The molecule has 0 aromatic heterocycles. The molecule has 0 fully saturated rings. The van der Waals surface area contributed by atoms with Crippen molar-refractivity contribution in [1.29, 1.82) is 0 Å². The van der Waals surface area contributed by atoms with Crippen molar-refractivity contribution in [3.05, 3.63) is 23.8 Å². The molecule has 0 aliphatic heterocycles. The molecule has 4 heteroatoms. The molecule has 82 valence electrons. The van der Waals surface area contributed by atoms with Crippen LogP contribution in [0.25, 0.3) is 0 Å². The van der Waals surface area contributed by atoms with Gasteiger partial charge >= 0.3 is 0 Å². The van der Waals surface area contributed by atoms with Crippen molar-refractivity contribution in [1.82, 2.24) is 0 Å². The summed E-state index contributed by atoms with van der Waals surface area (Å²) in [5, 5.41) is -0.329. The zero-order valence-corrected chi connectivity index (χ0v) is 9.50. The minimum atomic E-state index is -0.329. The Bertz CT molecular complexity index is 350. The molecule has 1 aromatic carbocycles. The Hall–Kier alpha value is -1.22. The normalized spacial score (nSPS) is 9.80. The second-order valence-electron chi connectivity index (χ2n) is 3.04. The Morgan fingerprint density at radius 2 is 1.93 bits per heavy atom. The number of rotatable bonds is 5. The molecule has 0 spiro atoms. The Labute approximate surface area is 93.9 Å². The molecular weight excluding hydrogens is 216 g/mol. The van der Waals surface area contributed by atoms with E-state index in [1.165, 1.54) is 0 Å². The first kappa shape index (κ1) is 11.9. The smallest absolute Gasteiger partial charge is 0.221 e. The summed E-state index contributed by atoms with van der Waals surface area (Å²) in [4.78, 5) is 10.6. The summed E-state index contributed by atoms with van der Waals surface area (Å²) in [6.45, 7) is 0. The fourth-order valence-electron chi connectivity index (χ4n) is 1.28. The molecule has 0 aliphatic carbocycles. The molecule has 0 saturated heterocycles. The molecule has 1 rings (SSSR count). The van der Waals surface area contributed by atoms with Gasteiger partial charge in [-0.2, -0.15) is 0 Å². The highest BCUT2D eigenvalue weighted by Crippen LogP contribution is 2.27. The van der Waals surface area contributed by atoms with Gasteiger partial charge in [-0.1, -0.05) is 6.07 Å². The van der Waals surface area contributed by atoms with Gasteiger partial charge < -0.3 is 9.47 Å². The van der Waals surface area contributed by atoms with E-state index < -0.39 is 0 Å². The van der Waals surface area contributed by atoms with Gasteiger partial charge in [0, 0.05) is 6.42 Å². The quantitative estimate of drug-likeness (QED) is 0.726. The van der Waals surface area contributed by atoms with Crippen molar-refractivity contribution in [2.75, 3.05) is 14.2 Å². The molecule has 0 bridgehead atoms. The summed E-state index contributed by atoms with van der Waals surface area (Å²) in [5.74, 6) is 1.34. The van der Waals surface area contributed by atoms with E-state index in [-0.39, 0.29) is 5.24 Å². The maximum Gasteiger partial charge on any atom is 0.221 e. The maximum absolute atomic E-state index is 10.6. The molecular formula is C11H13ClO3. The first-order valence-corrected chi connectivity index (χ1v) is 4.94. The highest BCUT2D eigenvalue weighted by atomic mass is 35.5. The van der Waals surface area contributed by atoms with Crippen LogP contribution in [0, 0.1) is 0 Å². The predicted molar refractivity (Wildman–Crippen MR) is 58.7 cm³/mol. The standard InChI is InChI=1S/C11H13ClO3/c1-14-9-5-3-8(4-6-11(12)13)7-10(9)15-2/h3,5,7H,4,6H2,1-2H3. The maximum atomic E-state index is 10.6. The summed E-state index contributed by atoms with van der Waals surface area (Å²) in [7, 11) is 3.16. The van der Waals surface area contributed by atoms with Crippen molar-refractivity contribution in [3.63, 3.8) is 0 Å². The SMILES string of the molecule is COc1ccc(CCC(=O)Cl)cc1OC. The number of hydrogen-bond donors (Lipinski definition) is 0. The molecule has 0 aliphatic rings. The average Bonchev–Trinajstić information content (AvgIpc) is 2.25. The molecule has 0 atom stereocenters. The molecule has 0 unspecified atom stereocenters. The molecule has 1 aromatic rings. The van der Waals surface area contributed by atoms with Gasteiger partial charge in [0.2, 0.25) is 5.24 Å². The highest BCUT2D eigenvalue weighted by Gasteiger charge is 2.05. The van der Waals surface area contributed by atoms with Crippen LogP contribution in [0.2, 0.25) is 0 Å². The first-order valence-electron chi connectivity index (χ1n) is 4.56. The second kappa shape index (κ2) is 5.61. The van der Waals surface area contributed by atoms with Crippen LogP contribution in [-0.4, -0.2) is 19.5 Å². The lowest BCUT2D eigenvalue weighted by Crippen LogP contribution is -1.95. The Morgan fingerprint density at radius 1 is 1.27 bits per heavy atom. The van der Waals surface area contributed by atoms with Crippen LogP contribution in [0.3, 0.4) is 0 Å². The van der Waals surface area contributed by atoms with E-state index in [0.29, 0.717) is 24.3 Å². The van der Waals surface area contributed by atoms with Crippen molar-refractivity contribution in [2.45, 2.75) is 12.8 Å². The van der Waals surface area contributed by atoms with Gasteiger partial charge in [-0.3, -0.25) is 4.79 Å². The third kappa shape index (κ3) is 3.44. The van der Waals surface area contributed by atoms with Gasteiger partial charge in [-0.05, 0) is 35.7 Å². The van der Waals surface area contributed by atoms with Crippen LogP contribution in [0.4, 0.5) is 0 Å². The second-order valence-corrected chi connectivity index (χ2v) is 3.47. The summed E-state index contributed by atoms with van der Waals surface area (Å²) in [6, 6.07) is 5.55. The number of halogens is 1. The lowest BCUT2D eigenvalue weighted by molar-refractivity contribution is -0.111. The van der Waals surface area contributed by atoms with Gasteiger partial charge in [0.25, 0.3) is 0 Å². The molecule has 0 amide bonds. The van der Waals surface area contributed by atoms with Gasteiger partial charge in [-0.25, -0.2) is 0 Å². The molecule has 15 heavy (non-hydrogen) atoms. The van der Waals surface area contributed by atoms with Crippen LogP contribution >= 0.6 is 11.6 Å². The summed E-state index contributed by atoms with van der Waals surface area (Å²) in [5.41, 5.74) is 1.00. The summed E-state index contributed by atoms with van der Waals surface area (Å²) >= 11 is 5.27. The number of methoxy groups -OCH3 is 2. The van der Waals surface area contributed by atoms with Gasteiger partial charge in [0.1, 0.15) is 0 Å². The zero-order chi connectivity index (χ0) is 11.3. The van der Waals surface area contributed by atoms with E-state index in [1.54, 1.807) is 14.2 Å². The van der Waals surface area contributed by atoms with Crippen LogP contribution < -0.4 is 9.47 Å². The number of aryl methyl sites for hydroxylation is 1. The Morgan fingerprint density at radius 3 is 2.47 bits per heavy atom. The average molecular weight is 229 g/mol. The number of carbonyl (C=O) groups excluding carboxylic acids is 1. The number of hydrogen-bond acceptors (Lipinski definition) is 3. The molecule has 0 radical (unpaired) electrons. The summed E-state index contributed by atoms with van der Waals surface area (Å²) in [6.07, 6.45) is 0.944. The topological polar surface area (TPSA) is 35.5 Å². The number of ether oxygens (including phenoxy) is 2. The van der Waals surface area contributed by atoms with Crippen LogP contribution in [0.5, 0.6) is 11.5 Å². The first-order chi connectivity index (χ1) is 7.17. The molecule has 0 saturated carbocycles. The molecule has 0 N–H and O–H groups in total. The van der Waals surface area contributed by atoms with Gasteiger partial charge in [0.05, 0.1) is 14.2 Å². The Balaban J connectivity index is 2.78. The molecule has 0 heterocycles. The molecule has 3 nitrogen and oxygen atoms in total. The lowest BCUT2D eigenvalue weighted by Gasteiger charge is -2.08. The zero-order valence-electron chi connectivity index (χ0n) is 8.75. The van der Waals surface area contributed by atoms with Crippen molar-refractivity contribution < 1.29 is 14.3 Å². The van der Waals surface area contributed by atoms with Crippen molar-refractivity contribution in [3.8, 4) is 11.5 Å². The van der Waals surface area contributed by atoms with Crippen LogP contribution in [-0.2, 0) is 11.2 Å². The third-order valence-electron chi connectivity index (χ3n) is 2.06. The predicted octanol–water partition coefficient (Wildman–Crippen LogP) is 2.40. The van der Waals surface area contributed by atoms with Crippen molar-refractivity contribution >= 4 is 16.8 Å². The minimum Gasteiger partial charge on any atom is -0.493 e. The third-order valence-corrected chi connectivity index (χ3v) is 2.25. The highest BCUT2D eigenvalue weighted by molar-refractivity contribution is 6.63. The van der Waals surface area contributed by atoms with Gasteiger partial charge in [0.15, 0.2) is 11.5 Å². The number of benzene rings is 1. The lowest BCUT2D eigenvalue weighted by atomic mass is 10.1. The fourth-order valence-corrected chi connectivity index (χ4v) is 1.37.